The predicted molar refractivity (Wildman–Crippen MR) is 53.4 cm³/mol. The molecule has 0 bridgehead atoms. The predicted octanol–water partition coefficient (Wildman–Crippen LogP) is 4.19. The Labute approximate surface area is 80.7 Å². The normalized spacial score (nSPS) is 13.0. The van der Waals surface area contributed by atoms with E-state index in [9.17, 15) is 0 Å². The van der Waals surface area contributed by atoms with Gasteiger partial charge in [-0.3, -0.25) is 0 Å². The summed E-state index contributed by atoms with van der Waals surface area (Å²) in [6.07, 6.45) is 1.10. The van der Waals surface area contributed by atoms with Gasteiger partial charge in [0.1, 0.15) is 0 Å². The highest BCUT2D eigenvalue weighted by molar-refractivity contribution is 9.09. The summed E-state index contributed by atoms with van der Waals surface area (Å²) >= 11 is 9.31. The number of halogens is 2. The molecule has 0 aliphatic carbocycles. The van der Waals surface area contributed by atoms with Crippen molar-refractivity contribution in [3.8, 4) is 0 Å². The van der Waals surface area contributed by atoms with E-state index in [0.717, 1.165) is 11.4 Å². The molecule has 0 N–H and O–H groups in total. The third-order valence-electron chi connectivity index (χ3n) is 1.59. The fourth-order valence-electron chi connectivity index (χ4n) is 0.907. The summed E-state index contributed by atoms with van der Waals surface area (Å²) in [5, 5.41) is 0.796. The molecule has 0 radical (unpaired) electrons. The number of benzene rings is 1. The highest BCUT2D eigenvalue weighted by Gasteiger charge is 2.02. The van der Waals surface area contributed by atoms with Crippen molar-refractivity contribution in [2.75, 3.05) is 0 Å². The topological polar surface area (TPSA) is 0 Å². The molecule has 0 saturated carbocycles. The lowest BCUT2D eigenvalue weighted by molar-refractivity contribution is 0.911. The number of hydrogen-bond acceptors (Lipinski definition) is 0. The minimum absolute atomic E-state index is 0.458. The van der Waals surface area contributed by atoms with E-state index in [4.69, 9.17) is 11.6 Å². The van der Waals surface area contributed by atoms with Crippen molar-refractivity contribution < 1.29 is 0 Å². The van der Waals surface area contributed by atoms with Crippen LogP contribution in [0.2, 0.25) is 5.02 Å². The van der Waals surface area contributed by atoms with Crippen LogP contribution in [0, 0.1) is 0 Å². The Morgan fingerprint density at radius 1 is 1.36 bits per heavy atom. The maximum absolute atomic E-state index is 5.74. The third-order valence-corrected chi connectivity index (χ3v) is 3.02. The van der Waals surface area contributed by atoms with E-state index in [-0.39, 0.29) is 0 Å². The molecular formula is C9H10BrCl. The minimum Gasteiger partial charge on any atom is -0.0843 e. The van der Waals surface area contributed by atoms with Crippen molar-refractivity contribution >= 4 is 27.5 Å². The van der Waals surface area contributed by atoms with E-state index in [2.05, 4.69) is 22.9 Å². The molecule has 11 heavy (non-hydrogen) atoms. The highest BCUT2D eigenvalue weighted by Crippen LogP contribution is 2.26. The first kappa shape index (κ1) is 9.08. The molecule has 1 aromatic rings. The fourth-order valence-corrected chi connectivity index (χ4v) is 1.34. The van der Waals surface area contributed by atoms with Crippen LogP contribution in [0.4, 0.5) is 0 Å². The zero-order chi connectivity index (χ0) is 8.27. The Bertz CT molecular complexity index is 218. The van der Waals surface area contributed by atoms with Crippen molar-refractivity contribution in [3.63, 3.8) is 0 Å². The van der Waals surface area contributed by atoms with Crippen molar-refractivity contribution in [1.82, 2.24) is 0 Å². The van der Waals surface area contributed by atoms with Gasteiger partial charge in [-0.1, -0.05) is 46.6 Å². The molecule has 2 heteroatoms. The zero-order valence-corrected chi connectivity index (χ0v) is 8.69. The van der Waals surface area contributed by atoms with E-state index >= 15 is 0 Å². The van der Waals surface area contributed by atoms with Crippen LogP contribution in [-0.4, -0.2) is 0 Å². The summed E-state index contributed by atoms with van der Waals surface area (Å²) < 4.78 is 0. The van der Waals surface area contributed by atoms with Gasteiger partial charge < -0.3 is 0 Å². The zero-order valence-electron chi connectivity index (χ0n) is 6.35. The van der Waals surface area contributed by atoms with Gasteiger partial charge in [0, 0.05) is 9.85 Å². The third kappa shape index (κ3) is 2.49. The second-order valence-corrected chi connectivity index (χ2v) is 3.97. The fraction of sp³-hybridized carbons (Fsp3) is 0.333. The molecule has 0 saturated heterocycles. The van der Waals surface area contributed by atoms with Gasteiger partial charge in [0.2, 0.25) is 0 Å². The second-order valence-electron chi connectivity index (χ2n) is 2.43. The maximum atomic E-state index is 5.74. The van der Waals surface area contributed by atoms with Crippen molar-refractivity contribution in [2.24, 2.45) is 0 Å². The summed E-state index contributed by atoms with van der Waals surface area (Å²) in [6, 6.07) is 7.93. The average molecular weight is 234 g/mol. The number of alkyl halides is 1. The lowest BCUT2D eigenvalue weighted by Crippen LogP contribution is -1.85. The van der Waals surface area contributed by atoms with Crippen LogP contribution < -0.4 is 0 Å². The van der Waals surface area contributed by atoms with E-state index < -0.39 is 0 Å². The Kier molecular flexibility index (Phi) is 3.41. The van der Waals surface area contributed by atoms with Gasteiger partial charge in [0.05, 0.1) is 0 Å². The van der Waals surface area contributed by atoms with Crippen LogP contribution >= 0.6 is 27.5 Å². The van der Waals surface area contributed by atoms with Gasteiger partial charge in [-0.05, 0) is 24.1 Å². The van der Waals surface area contributed by atoms with Gasteiger partial charge in [0.25, 0.3) is 0 Å². The molecule has 0 fully saturated rings. The quantitative estimate of drug-likeness (QED) is 0.672. The molecule has 0 nitrogen and oxygen atoms in total. The number of hydrogen-bond donors (Lipinski definition) is 0. The second kappa shape index (κ2) is 4.13. The Hall–Kier alpha value is -0.0100. The molecule has 1 atom stereocenters. The van der Waals surface area contributed by atoms with E-state index in [1.54, 1.807) is 0 Å². The lowest BCUT2D eigenvalue weighted by Gasteiger charge is -2.05. The molecule has 1 unspecified atom stereocenters. The largest absolute Gasteiger partial charge is 0.0843 e. The smallest absolute Gasteiger partial charge is 0.0406 e. The van der Waals surface area contributed by atoms with Gasteiger partial charge in [-0.15, -0.1) is 0 Å². The minimum atomic E-state index is 0.458. The summed E-state index contributed by atoms with van der Waals surface area (Å²) in [5.41, 5.74) is 1.29. The SMILES string of the molecule is CCC(Br)c1ccc(Cl)cc1. The first-order chi connectivity index (χ1) is 5.24. The first-order valence-corrected chi connectivity index (χ1v) is 4.93. The molecule has 0 spiro atoms. The van der Waals surface area contributed by atoms with Gasteiger partial charge in [-0.25, -0.2) is 0 Å². The van der Waals surface area contributed by atoms with Crippen molar-refractivity contribution in [2.45, 2.75) is 18.2 Å². The van der Waals surface area contributed by atoms with E-state index in [1.807, 2.05) is 24.3 Å². The molecule has 0 aliphatic heterocycles. The Morgan fingerprint density at radius 3 is 2.36 bits per heavy atom. The standard InChI is InChI=1S/C9H10BrCl/c1-2-9(10)7-3-5-8(11)6-4-7/h3-6,9H,2H2,1H3. The molecule has 1 aromatic carbocycles. The molecule has 60 valence electrons. The molecule has 0 aromatic heterocycles. The Morgan fingerprint density at radius 2 is 1.91 bits per heavy atom. The summed E-state index contributed by atoms with van der Waals surface area (Å²) in [7, 11) is 0. The van der Waals surface area contributed by atoms with Crippen molar-refractivity contribution in [1.29, 1.82) is 0 Å². The maximum Gasteiger partial charge on any atom is 0.0406 e. The summed E-state index contributed by atoms with van der Waals surface area (Å²) in [5.74, 6) is 0. The van der Waals surface area contributed by atoms with E-state index in [0.29, 0.717) is 4.83 Å². The van der Waals surface area contributed by atoms with Crippen LogP contribution in [0.25, 0.3) is 0 Å². The lowest BCUT2D eigenvalue weighted by atomic mass is 10.1. The monoisotopic (exact) mass is 232 g/mol. The van der Waals surface area contributed by atoms with Crippen molar-refractivity contribution in [3.05, 3.63) is 34.9 Å². The Balaban J connectivity index is 2.81. The van der Waals surface area contributed by atoms with Crippen LogP contribution in [-0.2, 0) is 0 Å². The van der Waals surface area contributed by atoms with Crippen LogP contribution in [0.5, 0.6) is 0 Å². The van der Waals surface area contributed by atoms with Crippen LogP contribution in [0.1, 0.15) is 23.7 Å². The summed E-state index contributed by atoms with van der Waals surface area (Å²) in [6.45, 7) is 2.15. The highest BCUT2D eigenvalue weighted by atomic mass is 79.9. The molecular weight excluding hydrogens is 223 g/mol. The average Bonchev–Trinajstić information content (AvgIpc) is 2.05. The van der Waals surface area contributed by atoms with Gasteiger partial charge >= 0.3 is 0 Å². The van der Waals surface area contributed by atoms with Gasteiger partial charge in [-0.2, -0.15) is 0 Å². The first-order valence-electron chi connectivity index (χ1n) is 3.63. The summed E-state index contributed by atoms with van der Waals surface area (Å²) in [4.78, 5) is 0.458. The van der Waals surface area contributed by atoms with Gasteiger partial charge in [0.15, 0.2) is 0 Å². The molecule has 0 heterocycles. The molecule has 1 rings (SSSR count). The molecule has 0 amide bonds. The van der Waals surface area contributed by atoms with Crippen LogP contribution in [0.15, 0.2) is 24.3 Å². The van der Waals surface area contributed by atoms with E-state index in [1.165, 1.54) is 5.56 Å². The molecule has 0 aliphatic rings. The van der Waals surface area contributed by atoms with Crippen LogP contribution in [0.3, 0.4) is 0 Å². The number of rotatable bonds is 2.